The summed E-state index contributed by atoms with van der Waals surface area (Å²) < 4.78 is 56.2. The summed E-state index contributed by atoms with van der Waals surface area (Å²) in [5.74, 6) is -3.35. The average Bonchev–Trinajstić information content (AvgIpc) is 3.04. The molecule has 3 N–H and O–H groups in total. The third-order valence-electron chi connectivity index (χ3n) is 4.70. The number of carbonyl (C=O) groups excluding carboxylic acids is 1. The molecule has 3 aromatic heterocycles. The van der Waals surface area contributed by atoms with Crippen LogP contribution >= 0.6 is 0 Å². The van der Waals surface area contributed by atoms with Crippen LogP contribution in [0.1, 0.15) is 18.2 Å². The van der Waals surface area contributed by atoms with E-state index < -0.39 is 50.3 Å². The maximum Gasteiger partial charge on any atom is 0.326 e. The SMILES string of the molecule is CC(=O)NS(=O)(=O)c1cc(F)c(Cn2c(=O)[nH]c3cnc4nc(CO)ccc4c32)c(F)c1. The lowest BCUT2D eigenvalue weighted by molar-refractivity contribution is -0.117. The quantitative estimate of drug-likeness (QED) is 0.399. The molecule has 0 aliphatic heterocycles. The molecular formula is C19H15F2N5O5S. The van der Waals surface area contributed by atoms with E-state index in [2.05, 4.69) is 15.0 Å². The minimum absolute atomic E-state index is 0.217. The van der Waals surface area contributed by atoms with E-state index in [4.69, 9.17) is 0 Å². The van der Waals surface area contributed by atoms with Crippen LogP contribution in [0.4, 0.5) is 8.78 Å². The van der Waals surface area contributed by atoms with Gasteiger partial charge in [-0.3, -0.25) is 9.36 Å². The number of hydrogen-bond acceptors (Lipinski definition) is 7. The van der Waals surface area contributed by atoms with Crippen LogP contribution in [0.2, 0.25) is 0 Å². The number of carbonyl (C=O) groups is 1. The van der Waals surface area contributed by atoms with Gasteiger partial charge in [-0.2, -0.15) is 0 Å². The molecule has 0 aliphatic carbocycles. The molecule has 0 saturated heterocycles. The number of rotatable bonds is 5. The average molecular weight is 463 g/mol. The van der Waals surface area contributed by atoms with Gasteiger partial charge >= 0.3 is 5.69 Å². The van der Waals surface area contributed by atoms with Crippen molar-refractivity contribution in [1.29, 1.82) is 0 Å². The van der Waals surface area contributed by atoms with Crippen molar-refractivity contribution in [2.24, 2.45) is 0 Å². The van der Waals surface area contributed by atoms with Crippen molar-refractivity contribution in [1.82, 2.24) is 24.2 Å². The third kappa shape index (κ3) is 3.71. The van der Waals surface area contributed by atoms with Crippen molar-refractivity contribution < 1.29 is 27.1 Å². The molecular weight excluding hydrogens is 448 g/mol. The number of aromatic amines is 1. The number of amides is 1. The van der Waals surface area contributed by atoms with E-state index in [1.54, 1.807) is 10.8 Å². The molecule has 4 aromatic rings. The second kappa shape index (κ2) is 7.76. The number of aromatic nitrogens is 4. The number of hydrogen-bond donors (Lipinski definition) is 3. The Hall–Kier alpha value is -3.71. The first-order valence-electron chi connectivity index (χ1n) is 9.10. The van der Waals surface area contributed by atoms with Crippen molar-refractivity contribution in [3.05, 3.63) is 63.8 Å². The standard InChI is InChI=1S/C19H15F2N5O5S/c1-9(28)25-32(30,31)11-4-14(20)13(15(21)5-11)7-26-17-12-3-2-10(8-27)23-18(12)22-6-16(17)24-19(26)29/h2-6,27H,7-8H2,1H3,(H,24,29)(H,25,28). The van der Waals surface area contributed by atoms with E-state index in [0.717, 1.165) is 11.5 Å². The highest BCUT2D eigenvalue weighted by Crippen LogP contribution is 2.24. The van der Waals surface area contributed by atoms with Crippen LogP contribution in [0.5, 0.6) is 0 Å². The molecule has 4 rings (SSSR count). The first kappa shape index (κ1) is 21.5. The summed E-state index contributed by atoms with van der Waals surface area (Å²) in [4.78, 5) is 33.6. The zero-order valence-corrected chi connectivity index (χ0v) is 17.2. The molecule has 0 radical (unpaired) electrons. The van der Waals surface area contributed by atoms with Gasteiger partial charge in [-0.1, -0.05) is 0 Å². The minimum Gasteiger partial charge on any atom is -0.390 e. The number of aliphatic hydroxyl groups is 1. The van der Waals surface area contributed by atoms with E-state index >= 15 is 0 Å². The van der Waals surface area contributed by atoms with Gasteiger partial charge in [0.2, 0.25) is 5.91 Å². The fraction of sp³-hybridized carbons (Fsp3) is 0.158. The first-order valence-corrected chi connectivity index (χ1v) is 10.6. The Morgan fingerprint density at radius 2 is 1.94 bits per heavy atom. The minimum atomic E-state index is -4.45. The number of H-pyrrole nitrogens is 1. The number of aliphatic hydroxyl groups excluding tert-OH is 1. The number of nitrogens with one attached hydrogen (secondary N) is 2. The number of fused-ring (bicyclic) bond motifs is 3. The highest BCUT2D eigenvalue weighted by molar-refractivity contribution is 7.90. The van der Waals surface area contributed by atoms with E-state index in [1.807, 2.05) is 0 Å². The molecule has 0 unspecified atom stereocenters. The number of sulfonamides is 1. The highest BCUT2D eigenvalue weighted by Gasteiger charge is 2.22. The van der Waals surface area contributed by atoms with Crippen molar-refractivity contribution >= 4 is 38.0 Å². The van der Waals surface area contributed by atoms with Crippen LogP contribution in [0.15, 0.2) is 40.2 Å². The van der Waals surface area contributed by atoms with E-state index in [1.165, 1.54) is 12.3 Å². The van der Waals surface area contributed by atoms with Crippen LogP contribution in [-0.4, -0.2) is 39.0 Å². The van der Waals surface area contributed by atoms with E-state index in [0.29, 0.717) is 28.7 Å². The molecule has 32 heavy (non-hydrogen) atoms. The molecule has 13 heteroatoms. The molecule has 0 aliphatic rings. The van der Waals surface area contributed by atoms with Crippen LogP contribution < -0.4 is 10.4 Å². The zero-order valence-electron chi connectivity index (χ0n) is 16.4. The monoisotopic (exact) mass is 463 g/mol. The molecule has 1 aromatic carbocycles. The largest absolute Gasteiger partial charge is 0.390 e. The number of imidazole rings is 1. The van der Waals surface area contributed by atoms with Crippen LogP contribution in [0.25, 0.3) is 22.1 Å². The molecule has 0 saturated carbocycles. The van der Waals surface area contributed by atoms with Crippen molar-refractivity contribution in [2.45, 2.75) is 25.0 Å². The smallest absolute Gasteiger partial charge is 0.326 e. The second-order valence-corrected chi connectivity index (χ2v) is 8.58. The Balaban J connectivity index is 1.85. The van der Waals surface area contributed by atoms with Gasteiger partial charge in [-0.15, -0.1) is 0 Å². The summed E-state index contributed by atoms with van der Waals surface area (Å²) in [7, 11) is -4.45. The predicted molar refractivity (Wildman–Crippen MR) is 108 cm³/mol. The van der Waals surface area contributed by atoms with Gasteiger partial charge in [-0.25, -0.2) is 36.7 Å². The molecule has 0 spiro atoms. The number of nitrogens with zero attached hydrogens (tertiary/aromatic N) is 3. The molecule has 0 fully saturated rings. The Morgan fingerprint density at radius 1 is 1.25 bits per heavy atom. The Kier molecular flexibility index (Phi) is 5.22. The van der Waals surface area contributed by atoms with Gasteiger partial charge in [0.1, 0.15) is 11.6 Å². The van der Waals surface area contributed by atoms with Gasteiger partial charge in [-0.05, 0) is 24.3 Å². The summed E-state index contributed by atoms with van der Waals surface area (Å²) in [6.45, 7) is 0.0667. The van der Waals surface area contributed by atoms with Crippen molar-refractivity contribution in [3.63, 3.8) is 0 Å². The summed E-state index contributed by atoms with van der Waals surface area (Å²) in [5, 5.41) is 9.66. The third-order valence-corrected chi connectivity index (χ3v) is 6.11. The maximum atomic E-state index is 14.7. The Morgan fingerprint density at radius 3 is 2.56 bits per heavy atom. The summed E-state index contributed by atoms with van der Waals surface area (Å²) >= 11 is 0. The molecule has 0 bridgehead atoms. The topological polar surface area (TPSA) is 147 Å². The van der Waals surface area contributed by atoms with Gasteiger partial charge < -0.3 is 10.1 Å². The predicted octanol–water partition coefficient (Wildman–Crippen LogP) is 0.916. The molecule has 0 atom stereocenters. The lowest BCUT2D eigenvalue weighted by Crippen LogP contribution is -2.28. The molecule has 1 amide bonds. The fourth-order valence-electron chi connectivity index (χ4n) is 3.30. The fourth-order valence-corrected chi connectivity index (χ4v) is 4.31. The van der Waals surface area contributed by atoms with Gasteiger partial charge in [0, 0.05) is 17.9 Å². The number of pyridine rings is 2. The molecule has 3 heterocycles. The second-order valence-electron chi connectivity index (χ2n) is 6.90. The zero-order chi connectivity index (χ0) is 23.2. The first-order chi connectivity index (χ1) is 15.1. The number of benzene rings is 1. The van der Waals surface area contributed by atoms with Crippen LogP contribution in [-0.2, 0) is 28.0 Å². The maximum absolute atomic E-state index is 14.7. The summed E-state index contributed by atoms with van der Waals surface area (Å²) in [5.41, 5.74) is -0.0808. The Bertz CT molecular complexity index is 1540. The molecule has 166 valence electrons. The van der Waals surface area contributed by atoms with E-state index in [9.17, 15) is 31.9 Å². The summed E-state index contributed by atoms with van der Waals surface area (Å²) in [6.07, 6.45) is 1.33. The normalized spacial score (nSPS) is 11.9. The van der Waals surface area contributed by atoms with Gasteiger partial charge in [0.25, 0.3) is 10.0 Å². The van der Waals surface area contributed by atoms with Crippen molar-refractivity contribution in [3.8, 4) is 0 Å². The van der Waals surface area contributed by atoms with Crippen molar-refractivity contribution in [2.75, 3.05) is 0 Å². The lowest BCUT2D eigenvalue weighted by Gasteiger charge is -2.11. The lowest BCUT2D eigenvalue weighted by atomic mass is 10.2. The van der Waals surface area contributed by atoms with Gasteiger partial charge in [0.05, 0.1) is 41.0 Å². The van der Waals surface area contributed by atoms with Crippen LogP contribution in [0, 0.1) is 11.6 Å². The highest BCUT2D eigenvalue weighted by atomic mass is 32.2. The van der Waals surface area contributed by atoms with Crippen LogP contribution in [0.3, 0.4) is 0 Å². The van der Waals surface area contributed by atoms with E-state index in [-0.39, 0.29) is 17.8 Å². The Labute approximate surface area is 178 Å². The van der Waals surface area contributed by atoms with Gasteiger partial charge in [0.15, 0.2) is 5.65 Å². The molecule has 10 nitrogen and oxygen atoms in total. The summed E-state index contributed by atoms with van der Waals surface area (Å²) in [6, 6.07) is 4.23. The number of halogens is 2.